The average molecular weight is 204 g/mol. The number of hydrogen-bond acceptors (Lipinski definition) is 2. The second kappa shape index (κ2) is 4.67. The summed E-state index contributed by atoms with van der Waals surface area (Å²) in [4.78, 5) is 2.50. The summed E-state index contributed by atoms with van der Waals surface area (Å²) in [7, 11) is 0. The van der Waals surface area contributed by atoms with Crippen LogP contribution in [0.3, 0.4) is 0 Å². The maximum absolute atomic E-state index is 5.58. The van der Waals surface area contributed by atoms with E-state index in [9.17, 15) is 0 Å². The van der Waals surface area contributed by atoms with Gasteiger partial charge in [0.15, 0.2) is 0 Å². The number of para-hydroxylation sites is 1. The minimum Gasteiger partial charge on any atom is -0.371 e. The van der Waals surface area contributed by atoms with E-state index in [0.29, 0.717) is 5.92 Å². The monoisotopic (exact) mass is 204 g/mol. The Morgan fingerprint density at radius 2 is 2.20 bits per heavy atom. The summed E-state index contributed by atoms with van der Waals surface area (Å²) in [6, 6.07) is 8.73. The first kappa shape index (κ1) is 10.5. The van der Waals surface area contributed by atoms with Crippen molar-refractivity contribution in [2.24, 2.45) is 11.7 Å². The zero-order chi connectivity index (χ0) is 10.7. The normalized spacial score (nSPS) is 16.5. The second-order valence-electron chi connectivity index (χ2n) is 4.51. The van der Waals surface area contributed by atoms with Gasteiger partial charge in [-0.05, 0) is 36.9 Å². The molecule has 0 saturated carbocycles. The zero-order valence-electron chi connectivity index (χ0n) is 9.45. The fourth-order valence-electron chi connectivity index (χ4n) is 2.35. The quantitative estimate of drug-likeness (QED) is 0.813. The molecule has 0 amide bonds. The number of anilines is 1. The van der Waals surface area contributed by atoms with Crippen molar-refractivity contribution in [3.8, 4) is 0 Å². The largest absolute Gasteiger partial charge is 0.371 e. The molecule has 1 aliphatic rings. The standard InChI is InChI=1S/C13H20N2/c1-11(6-8-14)10-15-9-7-12-4-2-3-5-13(12)15/h2-5,11H,6-10,14H2,1H3. The number of nitrogens with two attached hydrogens (primary N) is 1. The van der Waals surface area contributed by atoms with Crippen LogP contribution in [0.25, 0.3) is 0 Å². The minimum absolute atomic E-state index is 0.696. The van der Waals surface area contributed by atoms with Gasteiger partial charge < -0.3 is 10.6 Å². The summed E-state index contributed by atoms with van der Waals surface area (Å²) in [5, 5.41) is 0. The molecule has 1 heterocycles. The topological polar surface area (TPSA) is 29.3 Å². The van der Waals surface area contributed by atoms with Crippen LogP contribution in [0.2, 0.25) is 0 Å². The van der Waals surface area contributed by atoms with Crippen LogP contribution in [0.15, 0.2) is 24.3 Å². The predicted molar refractivity (Wildman–Crippen MR) is 65.2 cm³/mol. The molecular weight excluding hydrogens is 184 g/mol. The molecule has 2 nitrogen and oxygen atoms in total. The van der Waals surface area contributed by atoms with Crippen LogP contribution >= 0.6 is 0 Å². The molecule has 0 fully saturated rings. The van der Waals surface area contributed by atoms with Gasteiger partial charge in [0.1, 0.15) is 0 Å². The van der Waals surface area contributed by atoms with Crippen LogP contribution in [0, 0.1) is 5.92 Å². The highest BCUT2D eigenvalue weighted by Gasteiger charge is 2.19. The lowest BCUT2D eigenvalue weighted by atomic mass is 10.1. The van der Waals surface area contributed by atoms with E-state index in [1.165, 1.54) is 24.2 Å². The summed E-state index contributed by atoms with van der Waals surface area (Å²) in [5.41, 5.74) is 8.51. The van der Waals surface area contributed by atoms with Crippen LogP contribution < -0.4 is 10.6 Å². The molecule has 0 aliphatic carbocycles. The van der Waals surface area contributed by atoms with Gasteiger partial charge in [-0.3, -0.25) is 0 Å². The molecule has 0 saturated heterocycles. The number of fused-ring (bicyclic) bond motifs is 1. The van der Waals surface area contributed by atoms with E-state index in [-0.39, 0.29) is 0 Å². The van der Waals surface area contributed by atoms with E-state index in [1.54, 1.807) is 0 Å². The van der Waals surface area contributed by atoms with Gasteiger partial charge in [0, 0.05) is 18.8 Å². The third kappa shape index (κ3) is 2.32. The Morgan fingerprint density at radius 1 is 1.40 bits per heavy atom. The number of rotatable bonds is 4. The lowest BCUT2D eigenvalue weighted by Crippen LogP contribution is -2.27. The first-order chi connectivity index (χ1) is 7.31. The predicted octanol–water partition coefficient (Wildman–Crippen LogP) is 2.03. The van der Waals surface area contributed by atoms with Gasteiger partial charge in [0.25, 0.3) is 0 Å². The maximum Gasteiger partial charge on any atom is 0.0399 e. The molecule has 1 aromatic carbocycles. The van der Waals surface area contributed by atoms with Crippen LogP contribution in [0.5, 0.6) is 0 Å². The summed E-state index contributed by atoms with van der Waals surface area (Å²) < 4.78 is 0. The highest BCUT2D eigenvalue weighted by molar-refractivity contribution is 5.57. The lowest BCUT2D eigenvalue weighted by Gasteiger charge is -2.23. The molecule has 2 N–H and O–H groups in total. The van der Waals surface area contributed by atoms with Crippen molar-refractivity contribution < 1.29 is 0 Å². The molecule has 0 bridgehead atoms. The Morgan fingerprint density at radius 3 is 3.00 bits per heavy atom. The molecule has 0 radical (unpaired) electrons. The Hall–Kier alpha value is -1.02. The highest BCUT2D eigenvalue weighted by atomic mass is 15.1. The van der Waals surface area contributed by atoms with E-state index in [0.717, 1.165) is 19.5 Å². The van der Waals surface area contributed by atoms with Crippen molar-refractivity contribution in [3.63, 3.8) is 0 Å². The summed E-state index contributed by atoms with van der Waals surface area (Å²) in [6.45, 7) is 5.41. The summed E-state index contributed by atoms with van der Waals surface area (Å²) >= 11 is 0. The third-order valence-corrected chi connectivity index (χ3v) is 3.17. The second-order valence-corrected chi connectivity index (χ2v) is 4.51. The molecule has 1 atom stereocenters. The van der Waals surface area contributed by atoms with Crippen molar-refractivity contribution in [2.45, 2.75) is 19.8 Å². The Labute approximate surface area is 92.1 Å². The van der Waals surface area contributed by atoms with Crippen molar-refractivity contribution in [1.29, 1.82) is 0 Å². The van der Waals surface area contributed by atoms with Gasteiger partial charge in [-0.1, -0.05) is 25.1 Å². The van der Waals surface area contributed by atoms with Gasteiger partial charge in [-0.2, -0.15) is 0 Å². The number of nitrogens with zero attached hydrogens (tertiary/aromatic N) is 1. The molecule has 1 aromatic rings. The lowest BCUT2D eigenvalue weighted by molar-refractivity contribution is 0.531. The van der Waals surface area contributed by atoms with Crippen molar-refractivity contribution in [2.75, 3.05) is 24.5 Å². The van der Waals surface area contributed by atoms with Crippen molar-refractivity contribution >= 4 is 5.69 Å². The van der Waals surface area contributed by atoms with Crippen LogP contribution in [-0.2, 0) is 6.42 Å². The zero-order valence-corrected chi connectivity index (χ0v) is 9.45. The first-order valence-electron chi connectivity index (χ1n) is 5.84. The molecule has 0 aromatic heterocycles. The van der Waals surface area contributed by atoms with E-state index in [4.69, 9.17) is 5.73 Å². The molecule has 15 heavy (non-hydrogen) atoms. The van der Waals surface area contributed by atoms with E-state index < -0.39 is 0 Å². The Balaban J connectivity index is 2.01. The Kier molecular flexibility index (Phi) is 3.27. The Bertz CT molecular complexity index is 322. The summed E-state index contributed by atoms with van der Waals surface area (Å²) in [6.07, 6.45) is 2.32. The molecule has 1 aliphatic heterocycles. The van der Waals surface area contributed by atoms with Crippen molar-refractivity contribution in [3.05, 3.63) is 29.8 Å². The van der Waals surface area contributed by atoms with E-state index in [1.807, 2.05) is 0 Å². The average Bonchev–Trinajstić information content (AvgIpc) is 2.62. The number of hydrogen-bond donors (Lipinski definition) is 1. The van der Waals surface area contributed by atoms with Gasteiger partial charge in [-0.15, -0.1) is 0 Å². The maximum atomic E-state index is 5.58. The molecular formula is C13H20N2. The van der Waals surface area contributed by atoms with Gasteiger partial charge in [-0.25, -0.2) is 0 Å². The van der Waals surface area contributed by atoms with Gasteiger partial charge in [0.2, 0.25) is 0 Å². The fraction of sp³-hybridized carbons (Fsp3) is 0.538. The fourth-order valence-corrected chi connectivity index (χ4v) is 2.35. The molecule has 82 valence electrons. The molecule has 0 spiro atoms. The number of benzene rings is 1. The van der Waals surface area contributed by atoms with Crippen LogP contribution in [-0.4, -0.2) is 19.6 Å². The van der Waals surface area contributed by atoms with Crippen LogP contribution in [0.4, 0.5) is 5.69 Å². The van der Waals surface area contributed by atoms with E-state index in [2.05, 4.69) is 36.1 Å². The van der Waals surface area contributed by atoms with Crippen LogP contribution in [0.1, 0.15) is 18.9 Å². The minimum atomic E-state index is 0.696. The SMILES string of the molecule is CC(CCN)CN1CCc2ccccc21. The molecule has 1 unspecified atom stereocenters. The molecule has 2 rings (SSSR count). The third-order valence-electron chi connectivity index (χ3n) is 3.17. The summed E-state index contributed by atoms with van der Waals surface area (Å²) in [5.74, 6) is 0.696. The highest BCUT2D eigenvalue weighted by Crippen LogP contribution is 2.28. The first-order valence-corrected chi connectivity index (χ1v) is 5.84. The van der Waals surface area contributed by atoms with E-state index >= 15 is 0 Å². The van der Waals surface area contributed by atoms with Gasteiger partial charge >= 0.3 is 0 Å². The molecule has 2 heteroatoms. The smallest absolute Gasteiger partial charge is 0.0399 e. The van der Waals surface area contributed by atoms with Crippen molar-refractivity contribution in [1.82, 2.24) is 0 Å². The van der Waals surface area contributed by atoms with Gasteiger partial charge in [0.05, 0.1) is 0 Å².